The summed E-state index contributed by atoms with van der Waals surface area (Å²) in [7, 11) is 0. The number of nitrogens with one attached hydrogen (secondary N) is 1. The van der Waals surface area contributed by atoms with Gasteiger partial charge in [-0.25, -0.2) is 4.39 Å². The molecule has 0 aliphatic heterocycles. The highest BCUT2D eigenvalue weighted by atomic mass is 19.1. The minimum absolute atomic E-state index is 0.00412. The summed E-state index contributed by atoms with van der Waals surface area (Å²) in [6, 6.07) is 3.98. The van der Waals surface area contributed by atoms with Gasteiger partial charge in [-0.15, -0.1) is 0 Å². The van der Waals surface area contributed by atoms with Crippen molar-refractivity contribution in [2.24, 2.45) is 11.8 Å². The van der Waals surface area contributed by atoms with E-state index in [-0.39, 0.29) is 17.5 Å². The van der Waals surface area contributed by atoms with Crippen LogP contribution >= 0.6 is 0 Å². The van der Waals surface area contributed by atoms with E-state index in [1.54, 1.807) is 0 Å². The molecular weight excluding hydrogens is 207 g/mol. The normalized spacial score (nSPS) is 16.9. The predicted octanol–water partition coefficient (Wildman–Crippen LogP) is 2.39. The third-order valence-electron chi connectivity index (χ3n) is 3.01. The molecule has 16 heavy (non-hydrogen) atoms. The van der Waals surface area contributed by atoms with Crippen LogP contribution in [0.5, 0.6) is 0 Å². The van der Waals surface area contributed by atoms with Crippen molar-refractivity contribution in [3.8, 4) is 0 Å². The Kier molecular flexibility index (Phi) is 2.81. The average Bonchev–Trinajstić information content (AvgIpc) is 3.04. The van der Waals surface area contributed by atoms with E-state index in [0.29, 0.717) is 11.6 Å². The molecule has 4 heteroatoms. The molecule has 1 fully saturated rings. The number of hydrogen-bond donors (Lipinski definition) is 2. The van der Waals surface area contributed by atoms with Gasteiger partial charge in [0.15, 0.2) is 0 Å². The first-order valence-corrected chi connectivity index (χ1v) is 5.44. The standard InChI is InChI=1S/C12H15FN2O/c1-7(8-2-3-8)12(16)15-11-5-4-9(13)6-10(11)14/h4-8H,2-3,14H2,1H3,(H,15,16). The molecule has 0 aromatic heterocycles. The van der Waals surface area contributed by atoms with Crippen LogP contribution in [-0.4, -0.2) is 5.91 Å². The van der Waals surface area contributed by atoms with Gasteiger partial charge in [-0.2, -0.15) is 0 Å². The number of benzene rings is 1. The summed E-state index contributed by atoms with van der Waals surface area (Å²) in [5, 5.41) is 2.73. The molecule has 1 atom stereocenters. The SMILES string of the molecule is CC(C(=O)Nc1ccc(F)cc1N)C1CC1. The lowest BCUT2D eigenvalue weighted by Crippen LogP contribution is -2.22. The van der Waals surface area contributed by atoms with E-state index in [4.69, 9.17) is 5.73 Å². The third kappa shape index (κ3) is 2.32. The lowest BCUT2D eigenvalue weighted by atomic mass is 10.1. The lowest BCUT2D eigenvalue weighted by molar-refractivity contribution is -0.119. The van der Waals surface area contributed by atoms with Crippen LogP contribution in [0.25, 0.3) is 0 Å². The fraction of sp³-hybridized carbons (Fsp3) is 0.417. The Morgan fingerprint density at radius 3 is 2.81 bits per heavy atom. The Bertz CT molecular complexity index is 415. The monoisotopic (exact) mass is 222 g/mol. The van der Waals surface area contributed by atoms with E-state index in [1.807, 2.05) is 6.92 Å². The van der Waals surface area contributed by atoms with Crippen molar-refractivity contribution in [1.82, 2.24) is 0 Å². The van der Waals surface area contributed by atoms with E-state index in [9.17, 15) is 9.18 Å². The van der Waals surface area contributed by atoms with Crippen molar-refractivity contribution in [1.29, 1.82) is 0 Å². The Morgan fingerprint density at radius 1 is 1.56 bits per heavy atom. The molecular formula is C12H15FN2O. The number of carbonyl (C=O) groups excluding carboxylic acids is 1. The van der Waals surface area contributed by atoms with Crippen LogP contribution < -0.4 is 11.1 Å². The van der Waals surface area contributed by atoms with Gasteiger partial charge in [-0.3, -0.25) is 4.79 Å². The van der Waals surface area contributed by atoms with Gasteiger partial charge in [0.05, 0.1) is 11.4 Å². The fourth-order valence-corrected chi connectivity index (χ4v) is 1.70. The van der Waals surface area contributed by atoms with Crippen LogP contribution in [0.3, 0.4) is 0 Å². The van der Waals surface area contributed by atoms with Gasteiger partial charge in [0.25, 0.3) is 0 Å². The van der Waals surface area contributed by atoms with Gasteiger partial charge in [0, 0.05) is 5.92 Å². The molecule has 0 saturated heterocycles. The van der Waals surface area contributed by atoms with Gasteiger partial charge < -0.3 is 11.1 Å². The maximum atomic E-state index is 12.8. The molecule has 3 nitrogen and oxygen atoms in total. The van der Waals surface area contributed by atoms with E-state index in [0.717, 1.165) is 12.8 Å². The van der Waals surface area contributed by atoms with Crippen LogP contribution in [0.2, 0.25) is 0 Å². The smallest absolute Gasteiger partial charge is 0.227 e. The number of nitrogen functional groups attached to an aromatic ring is 1. The highest BCUT2D eigenvalue weighted by Crippen LogP contribution is 2.37. The number of amides is 1. The van der Waals surface area contributed by atoms with Crippen LogP contribution in [-0.2, 0) is 4.79 Å². The molecule has 3 N–H and O–H groups in total. The summed E-state index contributed by atoms with van der Waals surface area (Å²) in [4.78, 5) is 11.8. The van der Waals surface area contributed by atoms with E-state index < -0.39 is 5.82 Å². The van der Waals surface area contributed by atoms with E-state index in [1.165, 1.54) is 18.2 Å². The molecule has 0 heterocycles. The zero-order valence-corrected chi connectivity index (χ0v) is 9.16. The number of hydrogen-bond acceptors (Lipinski definition) is 2. The van der Waals surface area contributed by atoms with E-state index >= 15 is 0 Å². The summed E-state index contributed by atoms with van der Waals surface area (Å²) in [5.74, 6) is 0.0673. The van der Waals surface area contributed by atoms with Crippen LogP contribution in [0.1, 0.15) is 19.8 Å². The maximum Gasteiger partial charge on any atom is 0.227 e. The van der Waals surface area contributed by atoms with Gasteiger partial charge in [-0.1, -0.05) is 6.92 Å². The number of rotatable bonds is 3. The molecule has 1 saturated carbocycles. The van der Waals surface area contributed by atoms with Crippen LogP contribution in [0, 0.1) is 17.7 Å². The second-order valence-electron chi connectivity index (χ2n) is 4.35. The summed E-state index contributed by atoms with van der Waals surface area (Å²) in [6.45, 7) is 1.91. The fourth-order valence-electron chi connectivity index (χ4n) is 1.70. The Morgan fingerprint density at radius 2 is 2.25 bits per heavy atom. The summed E-state index contributed by atoms with van der Waals surface area (Å²) >= 11 is 0. The number of halogens is 1. The van der Waals surface area contributed by atoms with E-state index in [2.05, 4.69) is 5.32 Å². The Hall–Kier alpha value is -1.58. The topological polar surface area (TPSA) is 55.1 Å². The van der Waals surface area contributed by atoms with Crippen molar-refractivity contribution < 1.29 is 9.18 Å². The van der Waals surface area contributed by atoms with Gasteiger partial charge >= 0.3 is 0 Å². The molecule has 1 amide bonds. The van der Waals surface area contributed by atoms with Gasteiger partial charge in [0.1, 0.15) is 5.82 Å². The maximum absolute atomic E-state index is 12.8. The number of carbonyl (C=O) groups is 1. The molecule has 1 aromatic carbocycles. The van der Waals surface area contributed by atoms with Crippen molar-refractivity contribution >= 4 is 17.3 Å². The largest absolute Gasteiger partial charge is 0.397 e. The summed E-state index contributed by atoms with van der Waals surface area (Å²) < 4.78 is 12.8. The molecule has 2 rings (SSSR count). The third-order valence-corrected chi connectivity index (χ3v) is 3.01. The highest BCUT2D eigenvalue weighted by molar-refractivity contribution is 5.95. The molecule has 86 valence electrons. The number of anilines is 2. The van der Waals surface area contributed by atoms with Crippen molar-refractivity contribution in [3.63, 3.8) is 0 Å². The quantitative estimate of drug-likeness (QED) is 0.771. The zero-order chi connectivity index (χ0) is 11.7. The molecule has 1 unspecified atom stereocenters. The minimum Gasteiger partial charge on any atom is -0.397 e. The lowest BCUT2D eigenvalue weighted by Gasteiger charge is -2.12. The minimum atomic E-state index is -0.397. The van der Waals surface area contributed by atoms with Crippen molar-refractivity contribution in [2.75, 3.05) is 11.1 Å². The molecule has 0 bridgehead atoms. The second kappa shape index (κ2) is 4.12. The second-order valence-corrected chi connectivity index (χ2v) is 4.35. The first-order chi connectivity index (χ1) is 7.58. The Balaban J connectivity index is 2.05. The molecule has 1 aromatic rings. The number of nitrogens with two attached hydrogens (primary N) is 1. The molecule has 0 radical (unpaired) electrons. The summed E-state index contributed by atoms with van der Waals surface area (Å²) in [5.41, 5.74) is 6.35. The summed E-state index contributed by atoms with van der Waals surface area (Å²) in [6.07, 6.45) is 2.24. The first-order valence-electron chi connectivity index (χ1n) is 5.44. The molecule has 0 spiro atoms. The van der Waals surface area contributed by atoms with Crippen molar-refractivity contribution in [2.45, 2.75) is 19.8 Å². The van der Waals surface area contributed by atoms with Gasteiger partial charge in [-0.05, 0) is 37.0 Å². The predicted molar refractivity (Wildman–Crippen MR) is 61.3 cm³/mol. The average molecular weight is 222 g/mol. The molecule has 1 aliphatic rings. The van der Waals surface area contributed by atoms with Crippen molar-refractivity contribution in [3.05, 3.63) is 24.0 Å². The first kappa shape index (κ1) is 10.9. The van der Waals surface area contributed by atoms with Crippen LogP contribution in [0.4, 0.5) is 15.8 Å². The molecule has 1 aliphatic carbocycles. The Labute approximate surface area is 93.8 Å². The highest BCUT2D eigenvalue weighted by Gasteiger charge is 2.32. The van der Waals surface area contributed by atoms with Gasteiger partial charge in [0.2, 0.25) is 5.91 Å². The van der Waals surface area contributed by atoms with Crippen LogP contribution in [0.15, 0.2) is 18.2 Å². The zero-order valence-electron chi connectivity index (χ0n) is 9.16.